The minimum absolute atomic E-state index is 0.0948. The first kappa shape index (κ1) is 16.9. The molecule has 1 aromatic heterocycles. The summed E-state index contributed by atoms with van der Waals surface area (Å²) in [6, 6.07) is 9.22. The van der Waals surface area contributed by atoms with Crippen molar-refractivity contribution in [2.45, 2.75) is 46.1 Å². The van der Waals surface area contributed by atoms with E-state index in [9.17, 15) is 9.59 Å². The summed E-state index contributed by atoms with van der Waals surface area (Å²) in [5.41, 5.74) is 2.14. The molecule has 0 unspecified atom stereocenters. The Morgan fingerprint density at radius 2 is 1.83 bits per heavy atom. The number of carbonyl (C=O) groups is 1. The number of aryl methyl sites for hydroxylation is 1. The molecular formula is C18H23N3O2. The van der Waals surface area contributed by atoms with E-state index in [-0.39, 0.29) is 28.6 Å². The van der Waals surface area contributed by atoms with Gasteiger partial charge in [0.25, 0.3) is 11.5 Å². The van der Waals surface area contributed by atoms with Gasteiger partial charge in [-0.3, -0.25) is 9.59 Å². The van der Waals surface area contributed by atoms with Gasteiger partial charge in [0.15, 0.2) is 0 Å². The molecule has 2 rings (SSSR count). The molecular weight excluding hydrogens is 290 g/mol. The van der Waals surface area contributed by atoms with Crippen molar-refractivity contribution in [2.24, 2.45) is 0 Å². The van der Waals surface area contributed by atoms with E-state index in [4.69, 9.17) is 0 Å². The van der Waals surface area contributed by atoms with Gasteiger partial charge in [-0.25, -0.2) is 4.98 Å². The highest BCUT2D eigenvalue weighted by atomic mass is 16.2. The summed E-state index contributed by atoms with van der Waals surface area (Å²) in [7, 11) is 0. The first-order chi connectivity index (χ1) is 10.7. The van der Waals surface area contributed by atoms with Crippen molar-refractivity contribution in [2.75, 3.05) is 0 Å². The Balaban J connectivity index is 2.13. The number of amides is 1. The van der Waals surface area contributed by atoms with Crippen LogP contribution in [0.1, 0.15) is 61.2 Å². The van der Waals surface area contributed by atoms with Gasteiger partial charge in [-0.05, 0) is 30.4 Å². The molecule has 0 aliphatic carbocycles. The van der Waals surface area contributed by atoms with Gasteiger partial charge in [0.1, 0.15) is 11.5 Å². The quantitative estimate of drug-likeness (QED) is 0.915. The maximum absolute atomic E-state index is 12.2. The molecule has 0 saturated heterocycles. The van der Waals surface area contributed by atoms with E-state index < -0.39 is 0 Å². The van der Waals surface area contributed by atoms with Crippen molar-refractivity contribution in [3.05, 3.63) is 63.3 Å². The van der Waals surface area contributed by atoms with Gasteiger partial charge in [-0.2, -0.15) is 0 Å². The number of benzene rings is 1. The molecule has 0 aliphatic heterocycles. The molecule has 0 fully saturated rings. The predicted octanol–water partition coefficient (Wildman–Crippen LogP) is 2.87. The Morgan fingerprint density at radius 1 is 1.22 bits per heavy atom. The molecule has 1 amide bonds. The molecule has 0 spiro atoms. The molecule has 5 nitrogen and oxygen atoms in total. The summed E-state index contributed by atoms with van der Waals surface area (Å²) >= 11 is 0. The average molecular weight is 313 g/mol. The SMILES string of the molecule is Cc1nc(C(=O)N[C@H](C)c2ccc(C(C)(C)C)cc2)cc(=O)[nH]1. The fourth-order valence-electron chi connectivity index (χ4n) is 2.32. The fourth-order valence-corrected chi connectivity index (χ4v) is 2.32. The van der Waals surface area contributed by atoms with Crippen LogP contribution in [0.15, 0.2) is 35.1 Å². The van der Waals surface area contributed by atoms with Gasteiger partial charge in [0, 0.05) is 6.07 Å². The Hall–Kier alpha value is -2.43. The van der Waals surface area contributed by atoms with Crippen LogP contribution in [0, 0.1) is 6.92 Å². The Labute approximate surface area is 136 Å². The Morgan fingerprint density at radius 3 is 2.35 bits per heavy atom. The third kappa shape index (κ3) is 4.28. The first-order valence-electron chi connectivity index (χ1n) is 7.66. The molecule has 0 radical (unpaired) electrons. The van der Waals surface area contributed by atoms with Crippen molar-refractivity contribution in [1.29, 1.82) is 0 Å². The monoisotopic (exact) mass is 313 g/mol. The predicted molar refractivity (Wildman–Crippen MR) is 90.6 cm³/mol. The molecule has 0 saturated carbocycles. The van der Waals surface area contributed by atoms with Crippen LogP contribution in [-0.2, 0) is 5.41 Å². The van der Waals surface area contributed by atoms with E-state index in [1.165, 1.54) is 11.6 Å². The number of hydrogen-bond donors (Lipinski definition) is 2. The highest BCUT2D eigenvalue weighted by Gasteiger charge is 2.16. The second kappa shape index (κ2) is 6.36. The van der Waals surface area contributed by atoms with Crippen LogP contribution in [0.3, 0.4) is 0 Å². The summed E-state index contributed by atoms with van der Waals surface area (Å²) in [6.07, 6.45) is 0. The number of H-pyrrole nitrogens is 1. The summed E-state index contributed by atoms with van der Waals surface area (Å²) in [4.78, 5) is 30.2. The van der Waals surface area contributed by atoms with Gasteiger partial charge in [-0.15, -0.1) is 0 Å². The lowest BCUT2D eigenvalue weighted by molar-refractivity contribution is 0.0934. The lowest BCUT2D eigenvalue weighted by atomic mass is 9.86. The third-order valence-corrected chi connectivity index (χ3v) is 3.72. The van der Waals surface area contributed by atoms with E-state index in [2.05, 4.69) is 48.2 Å². The standard InChI is InChI=1S/C18H23N3O2/c1-11(13-6-8-14(9-7-13)18(3,4)5)19-17(23)15-10-16(22)21-12(2)20-15/h6-11H,1-5H3,(H,19,23)(H,20,21,22)/t11-/m1/s1. The van der Waals surface area contributed by atoms with Gasteiger partial charge in [0.2, 0.25) is 0 Å². The zero-order valence-electron chi connectivity index (χ0n) is 14.2. The van der Waals surface area contributed by atoms with Crippen molar-refractivity contribution in [3.63, 3.8) is 0 Å². The summed E-state index contributed by atoms with van der Waals surface area (Å²) in [5, 5.41) is 2.87. The summed E-state index contributed by atoms with van der Waals surface area (Å²) in [6.45, 7) is 10.0. The molecule has 2 aromatic rings. The number of aromatic amines is 1. The average Bonchev–Trinajstić information content (AvgIpc) is 2.45. The fraction of sp³-hybridized carbons (Fsp3) is 0.389. The van der Waals surface area contributed by atoms with E-state index in [1.807, 2.05) is 19.1 Å². The molecule has 1 heterocycles. The largest absolute Gasteiger partial charge is 0.344 e. The van der Waals surface area contributed by atoms with E-state index >= 15 is 0 Å². The van der Waals surface area contributed by atoms with E-state index in [0.29, 0.717) is 5.82 Å². The van der Waals surface area contributed by atoms with Gasteiger partial charge in [-0.1, -0.05) is 45.0 Å². The van der Waals surface area contributed by atoms with Crippen LogP contribution in [0.2, 0.25) is 0 Å². The van der Waals surface area contributed by atoms with E-state index in [0.717, 1.165) is 5.56 Å². The van der Waals surface area contributed by atoms with Crippen LogP contribution in [-0.4, -0.2) is 15.9 Å². The third-order valence-electron chi connectivity index (χ3n) is 3.72. The molecule has 2 N–H and O–H groups in total. The van der Waals surface area contributed by atoms with Crippen LogP contribution < -0.4 is 10.9 Å². The van der Waals surface area contributed by atoms with Crippen molar-refractivity contribution < 1.29 is 4.79 Å². The number of aromatic nitrogens is 2. The molecule has 0 bridgehead atoms. The zero-order chi connectivity index (χ0) is 17.2. The normalized spacial score (nSPS) is 12.7. The van der Waals surface area contributed by atoms with Crippen LogP contribution >= 0.6 is 0 Å². The van der Waals surface area contributed by atoms with Gasteiger partial charge < -0.3 is 10.3 Å². The van der Waals surface area contributed by atoms with E-state index in [1.54, 1.807) is 6.92 Å². The van der Waals surface area contributed by atoms with Crippen molar-refractivity contribution in [1.82, 2.24) is 15.3 Å². The lowest BCUT2D eigenvalue weighted by Crippen LogP contribution is -2.29. The second-order valence-corrected chi connectivity index (χ2v) is 6.78. The molecule has 23 heavy (non-hydrogen) atoms. The second-order valence-electron chi connectivity index (χ2n) is 6.78. The summed E-state index contributed by atoms with van der Waals surface area (Å²) in [5.74, 6) is 0.0661. The lowest BCUT2D eigenvalue weighted by Gasteiger charge is -2.20. The highest BCUT2D eigenvalue weighted by molar-refractivity contribution is 5.92. The molecule has 0 aliphatic rings. The minimum Gasteiger partial charge on any atom is -0.344 e. The van der Waals surface area contributed by atoms with Crippen LogP contribution in [0.5, 0.6) is 0 Å². The van der Waals surface area contributed by atoms with Gasteiger partial charge in [0.05, 0.1) is 6.04 Å². The van der Waals surface area contributed by atoms with Crippen molar-refractivity contribution in [3.8, 4) is 0 Å². The maximum atomic E-state index is 12.2. The zero-order valence-corrected chi connectivity index (χ0v) is 14.2. The molecule has 1 aromatic carbocycles. The number of hydrogen-bond acceptors (Lipinski definition) is 3. The topological polar surface area (TPSA) is 74.8 Å². The first-order valence-corrected chi connectivity index (χ1v) is 7.66. The Bertz CT molecular complexity index is 755. The summed E-state index contributed by atoms with van der Waals surface area (Å²) < 4.78 is 0. The number of nitrogens with one attached hydrogen (secondary N) is 2. The number of nitrogens with zero attached hydrogens (tertiary/aromatic N) is 1. The molecule has 5 heteroatoms. The number of carbonyl (C=O) groups excluding carboxylic acids is 1. The van der Waals surface area contributed by atoms with Gasteiger partial charge >= 0.3 is 0 Å². The highest BCUT2D eigenvalue weighted by Crippen LogP contribution is 2.23. The molecule has 1 atom stereocenters. The Kier molecular flexibility index (Phi) is 4.68. The maximum Gasteiger partial charge on any atom is 0.270 e. The molecule has 122 valence electrons. The smallest absolute Gasteiger partial charge is 0.270 e. The number of rotatable bonds is 3. The van der Waals surface area contributed by atoms with Crippen LogP contribution in [0.4, 0.5) is 0 Å². The van der Waals surface area contributed by atoms with Crippen molar-refractivity contribution >= 4 is 5.91 Å². The van der Waals surface area contributed by atoms with Crippen LogP contribution in [0.25, 0.3) is 0 Å². The minimum atomic E-state index is -0.355.